The maximum absolute atomic E-state index is 12.2. The zero-order chi connectivity index (χ0) is 29.0. The highest BCUT2D eigenvalue weighted by atomic mass is 31.2. The van der Waals surface area contributed by atoms with Crippen LogP contribution in [-0.4, -0.2) is 49.3 Å². The van der Waals surface area contributed by atoms with Crippen LogP contribution in [0.3, 0.4) is 0 Å². The summed E-state index contributed by atoms with van der Waals surface area (Å²) in [4.78, 5) is 33.3. The number of esters is 2. The standard InChI is InChI=1S/C29H56NO8P/c1-3-5-6-7-8-9-10-11-12-13-14-15-16-17-18-19-20-21-22-29(32)38-27(25-35-28(31)4-2)26-37-39(33,34)36-24-23-30/h12-13,27H,3-11,14-26,30H2,1-2H3,(H,33,34)/b13-12-. The zero-order valence-corrected chi connectivity index (χ0v) is 25.5. The Labute approximate surface area is 237 Å². The van der Waals surface area contributed by atoms with Gasteiger partial charge >= 0.3 is 19.8 Å². The predicted molar refractivity (Wildman–Crippen MR) is 155 cm³/mol. The van der Waals surface area contributed by atoms with Crippen molar-refractivity contribution in [2.24, 2.45) is 5.73 Å². The van der Waals surface area contributed by atoms with Gasteiger partial charge in [-0.05, 0) is 32.1 Å². The van der Waals surface area contributed by atoms with Crippen molar-refractivity contribution in [1.29, 1.82) is 0 Å². The van der Waals surface area contributed by atoms with E-state index >= 15 is 0 Å². The van der Waals surface area contributed by atoms with E-state index < -0.39 is 32.5 Å². The summed E-state index contributed by atoms with van der Waals surface area (Å²) in [6.45, 7) is 3.10. The first-order valence-corrected chi connectivity index (χ1v) is 16.7. The third-order valence-corrected chi connectivity index (χ3v) is 7.19. The van der Waals surface area contributed by atoms with E-state index in [9.17, 15) is 19.0 Å². The first kappa shape index (κ1) is 37.8. The number of ether oxygens (including phenoxy) is 2. The minimum Gasteiger partial charge on any atom is -0.462 e. The SMILES string of the molecule is CCCCCCCCC/C=C\CCCCCCCCCC(=O)OC(COC(=O)CC)COP(=O)(O)OCCN. The van der Waals surface area contributed by atoms with Gasteiger partial charge in [-0.15, -0.1) is 0 Å². The van der Waals surface area contributed by atoms with Crippen molar-refractivity contribution in [1.82, 2.24) is 0 Å². The topological polar surface area (TPSA) is 134 Å². The highest BCUT2D eigenvalue weighted by Crippen LogP contribution is 2.43. The van der Waals surface area contributed by atoms with Crippen LogP contribution >= 0.6 is 7.82 Å². The quantitative estimate of drug-likeness (QED) is 0.0430. The number of phosphoric acid groups is 1. The zero-order valence-electron chi connectivity index (χ0n) is 24.6. The number of hydrogen-bond donors (Lipinski definition) is 2. The Hall–Kier alpha value is -1.25. The van der Waals surface area contributed by atoms with Crippen molar-refractivity contribution in [3.05, 3.63) is 12.2 Å². The molecule has 3 N–H and O–H groups in total. The highest BCUT2D eigenvalue weighted by Gasteiger charge is 2.25. The molecule has 0 aliphatic carbocycles. The summed E-state index contributed by atoms with van der Waals surface area (Å²) < 4.78 is 31.7. The van der Waals surface area contributed by atoms with Gasteiger partial charge in [-0.25, -0.2) is 4.57 Å². The van der Waals surface area contributed by atoms with Gasteiger partial charge < -0.3 is 20.1 Å². The average Bonchev–Trinajstić information content (AvgIpc) is 2.92. The van der Waals surface area contributed by atoms with Gasteiger partial charge in [0.1, 0.15) is 6.61 Å². The molecule has 0 bridgehead atoms. The largest absolute Gasteiger partial charge is 0.472 e. The van der Waals surface area contributed by atoms with Crippen molar-refractivity contribution in [3.8, 4) is 0 Å². The molecule has 0 aromatic heterocycles. The smallest absolute Gasteiger partial charge is 0.462 e. The van der Waals surface area contributed by atoms with Crippen LogP contribution in [0.25, 0.3) is 0 Å². The average molecular weight is 578 g/mol. The molecule has 0 spiro atoms. The number of carbonyl (C=O) groups excluding carboxylic acids is 2. The minimum absolute atomic E-state index is 0.0528. The molecule has 0 saturated heterocycles. The lowest BCUT2D eigenvalue weighted by Crippen LogP contribution is -2.29. The third kappa shape index (κ3) is 26.7. The van der Waals surface area contributed by atoms with E-state index in [1.54, 1.807) is 6.92 Å². The molecular formula is C29H56NO8P. The molecule has 9 nitrogen and oxygen atoms in total. The number of unbranched alkanes of at least 4 members (excludes halogenated alkanes) is 14. The van der Waals surface area contributed by atoms with Gasteiger partial charge in [0.15, 0.2) is 6.10 Å². The Morgan fingerprint density at radius 3 is 1.85 bits per heavy atom. The van der Waals surface area contributed by atoms with Gasteiger partial charge in [0, 0.05) is 19.4 Å². The molecule has 0 heterocycles. The number of allylic oxidation sites excluding steroid dienone is 2. The Kier molecular flexibility index (Phi) is 26.1. The Balaban J connectivity index is 3.88. The fourth-order valence-electron chi connectivity index (χ4n) is 3.90. The van der Waals surface area contributed by atoms with Gasteiger partial charge in [0.25, 0.3) is 0 Å². The van der Waals surface area contributed by atoms with E-state index in [-0.39, 0.29) is 32.6 Å². The molecule has 0 aromatic rings. The second kappa shape index (κ2) is 26.9. The molecule has 0 aliphatic heterocycles. The highest BCUT2D eigenvalue weighted by molar-refractivity contribution is 7.47. The van der Waals surface area contributed by atoms with Crippen LogP contribution < -0.4 is 5.73 Å². The molecule has 39 heavy (non-hydrogen) atoms. The van der Waals surface area contributed by atoms with E-state index in [2.05, 4.69) is 23.6 Å². The lowest BCUT2D eigenvalue weighted by atomic mass is 10.1. The lowest BCUT2D eigenvalue weighted by molar-refractivity contribution is -0.161. The first-order valence-electron chi connectivity index (χ1n) is 15.2. The van der Waals surface area contributed by atoms with Crippen LogP contribution in [0, 0.1) is 0 Å². The minimum atomic E-state index is -4.33. The summed E-state index contributed by atoms with van der Waals surface area (Å²) in [6.07, 6.45) is 23.4. The monoisotopic (exact) mass is 577 g/mol. The molecule has 2 unspecified atom stereocenters. The van der Waals surface area contributed by atoms with E-state index in [0.717, 1.165) is 25.7 Å². The molecule has 2 atom stereocenters. The van der Waals surface area contributed by atoms with Crippen molar-refractivity contribution in [2.45, 2.75) is 136 Å². The molecule has 0 fully saturated rings. The number of phosphoric ester groups is 1. The van der Waals surface area contributed by atoms with Crippen molar-refractivity contribution in [3.63, 3.8) is 0 Å². The molecule has 0 rings (SSSR count). The Bertz CT molecular complexity index is 674. The summed E-state index contributed by atoms with van der Waals surface area (Å²) >= 11 is 0. The Morgan fingerprint density at radius 2 is 1.31 bits per heavy atom. The van der Waals surface area contributed by atoms with Crippen LogP contribution in [0.4, 0.5) is 0 Å². The third-order valence-electron chi connectivity index (χ3n) is 6.21. The molecule has 0 radical (unpaired) electrons. The van der Waals surface area contributed by atoms with Crippen LogP contribution in [0.2, 0.25) is 0 Å². The summed E-state index contributed by atoms with van der Waals surface area (Å²) in [5, 5.41) is 0. The number of carbonyl (C=O) groups is 2. The molecule has 0 amide bonds. The first-order chi connectivity index (χ1) is 18.8. The Morgan fingerprint density at radius 1 is 0.769 bits per heavy atom. The van der Waals surface area contributed by atoms with Crippen molar-refractivity contribution >= 4 is 19.8 Å². The van der Waals surface area contributed by atoms with Gasteiger partial charge in [0.05, 0.1) is 13.2 Å². The second-order valence-corrected chi connectivity index (χ2v) is 11.4. The fraction of sp³-hybridized carbons (Fsp3) is 0.862. The molecule has 10 heteroatoms. The summed E-state index contributed by atoms with van der Waals surface area (Å²) in [5.41, 5.74) is 5.25. The van der Waals surface area contributed by atoms with Gasteiger partial charge in [-0.1, -0.05) is 96.6 Å². The van der Waals surface area contributed by atoms with Gasteiger partial charge in [-0.2, -0.15) is 0 Å². The normalized spacial score (nSPS) is 13.8. The maximum Gasteiger partial charge on any atom is 0.472 e. The van der Waals surface area contributed by atoms with E-state index in [4.69, 9.17) is 19.7 Å². The molecular weight excluding hydrogens is 521 g/mol. The maximum atomic E-state index is 12.2. The molecule has 0 saturated carbocycles. The van der Waals surface area contributed by atoms with Crippen LogP contribution in [0.1, 0.15) is 129 Å². The number of rotatable bonds is 28. The predicted octanol–water partition coefficient (Wildman–Crippen LogP) is 7.15. The summed E-state index contributed by atoms with van der Waals surface area (Å²) in [6, 6.07) is 0. The van der Waals surface area contributed by atoms with Crippen molar-refractivity contribution in [2.75, 3.05) is 26.4 Å². The van der Waals surface area contributed by atoms with E-state index in [1.807, 2.05) is 0 Å². The lowest BCUT2D eigenvalue weighted by Gasteiger charge is -2.19. The summed E-state index contributed by atoms with van der Waals surface area (Å²) in [7, 11) is -4.33. The fourth-order valence-corrected chi connectivity index (χ4v) is 4.67. The molecule has 0 aromatic carbocycles. The molecule has 230 valence electrons. The number of hydrogen-bond acceptors (Lipinski definition) is 8. The van der Waals surface area contributed by atoms with Crippen LogP contribution in [0.15, 0.2) is 12.2 Å². The second-order valence-electron chi connectivity index (χ2n) is 9.93. The molecule has 0 aliphatic rings. The number of nitrogens with two attached hydrogens (primary N) is 1. The van der Waals surface area contributed by atoms with Gasteiger partial charge in [0.2, 0.25) is 0 Å². The van der Waals surface area contributed by atoms with Crippen molar-refractivity contribution < 1.29 is 37.6 Å². The van der Waals surface area contributed by atoms with Crippen LogP contribution in [-0.2, 0) is 32.7 Å². The van der Waals surface area contributed by atoms with E-state index in [1.165, 1.54) is 70.6 Å². The van der Waals surface area contributed by atoms with E-state index in [0.29, 0.717) is 6.42 Å². The summed E-state index contributed by atoms with van der Waals surface area (Å²) in [5.74, 6) is -0.933. The van der Waals surface area contributed by atoms with Crippen LogP contribution in [0.5, 0.6) is 0 Å². The van der Waals surface area contributed by atoms with Gasteiger partial charge in [-0.3, -0.25) is 18.6 Å².